The summed E-state index contributed by atoms with van der Waals surface area (Å²) in [5, 5.41) is 9.14. The maximum Gasteiger partial charge on any atom is 0.335 e. The van der Waals surface area contributed by atoms with Crippen molar-refractivity contribution in [1.82, 2.24) is 0 Å². The Balaban J connectivity index is 2.46. The molecule has 0 atom stereocenters. The smallest absolute Gasteiger partial charge is 0.335 e. The number of rotatable bonds is 3. The molecule has 0 saturated heterocycles. The molecule has 0 heterocycles. The Hall–Kier alpha value is -1.84. The van der Waals surface area contributed by atoms with Crippen molar-refractivity contribution in [1.29, 1.82) is 0 Å². The number of primary amides is 1. The van der Waals surface area contributed by atoms with Crippen molar-refractivity contribution < 1.29 is 14.7 Å². The monoisotopic (exact) mass is 233 g/mol. The number of carbonyl (C=O) groups is 2. The van der Waals surface area contributed by atoms with Crippen LogP contribution in [0.2, 0.25) is 0 Å². The highest BCUT2D eigenvalue weighted by molar-refractivity contribution is 5.96. The molecule has 4 nitrogen and oxygen atoms in total. The van der Waals surface area contributed by atoms with Gasteiger partial charge in [0.25, 0.3) is 0 Å². The van der Waals surface area contributed by atoms with Gasteiger partial charge in [-0.2, -0.15) is 0 Å². The second-order valence-electron chi connectivity index (χ2n) is 4.45. The molecule has 0 spiro atoms. The molecule has 3 N–H and O–H groups in total. The number of hydrogen-bond donors (Lipinski definition) is 2. The lowest BCUT2D eigenvalue weighted by molar-refractivity contribution is 0.0694. The van der Waals surface area contributed by atoms with Gasteiger partial charge in [0.15, 0.2) is 0 Å². The summed E-state index contributed by atoms with van der Waals surface area (Å²) >= 11 is 0. The summed E-state index contributed by atoms with van der Waals surface area (Å²) in [5.74, 6) is -1.20. The van der Waals surface area contributed by atoms with Crippen molar-refractivity contribution in [3.8, 4) is 0 Å². The fraction of sp³-hybridized carbons (Fsp3) is 0.385. The highest BCUT2D eigenvalue weighted by Gasteiger charge is 2.23. The van der Waals surface area contributed by atoms with Crippen molar-refractivity contribution in [3.63, 3.8) is 0 Å². The molecule has 0 aliphatic heterocycles. The number of hydrogen-bond acceptors (Lipinski definition) is 2. The number of amides is 1. The lowest BCUT2D eigenvalue weighted by Gasteiger charge is -2.13. The van der Waals surface area contributed by atoms with Crippen LogP contribution in [-0.2, 0) is 0 Å². The van der Waals surface area contributed by atoms with Crippen LogP contribution in [0.4, 0.5) is 0 Å². The Kier molecular flexibility index (Phi) is 3.13. The SMILES string of the molecule is NC(=O)c1ccc(C(=O)O)c(C2CCCC2)c1. The van der Waals surface area contributed by atoms with Gasteiger partial charge < -0.3 is 10.8 Å². The van der Waals surface area contributed by atoms with E-state index < -0.39 is 11.9 Å². The van der Waals surface area contributed by atoms with Crippen LogP contribution < -0.4 is 5.73 Å². The average Bonchev–Trinajstić information content (AvgIpc) is 2.81. The van der Waals surface area contributed by atoms with E-state index in [1.165, 1.54) is 12.1 Å². The number of benzene rings is 1. The lowest BCUT2D eigenvalue weighted by Crippen LogP contribution is -2.13. The summed E-state index contributed by atoms with van der Waals surface area (Å²) < 4.78 is 0. The van der Waals surface area contributed by atoms with Gasteiger partial charge in [-0.1, -0.05) is 12.8 Å². The molecule has 17 heavy (non-hydrogen) atoms. The highest BCUT2D eigenvalue weighted by atomic mass is 16.4. The van der Waals surface area contributed by atoms with E-state index in [1.807, 2.05) is 0 Å². The van der Waals surface area contributed by atoms with Crippen molar-refractivity contribution >= 4 is 11.9 Å². The topological polar surface area (TPSA) is 80.4 Å². The number of carboxylic acid groups (broad SMARTS) is 1. The first kappa shape index (κ1) is 11.6. The van der Waals surface area contributed by atoms with Crippen LogP contribution in [0.15, 0.2) is 18.2 Å². The van der Waals surface area contributed by atoms with E-state index in [1.54, 1.807) is 6.07 Å². The first-order chi connectivity index (χ1) is 8.09. The molecule has 0 bridgehead atoms. The molecule has 90 valence electrons. The minimum Gasteiger partial charge on any atom is -0.478 e. The van der Waals surface area contributed by atoms with Crippen molar-refractivity contribution in [2.24, 2.45) is 5.73 Å². The highest BCUT2D eigenvalue weighted by Crippen LogP contribution is 2.36. The summed E-state index contributed by atoms with van der Waals surface area (Å²) in [6.07, 6.45) is 4.21. The number of nitrogens with two attached hydrogens (primary N) is 1. The number of carboxylic acids is 1. The van der Waals surface area contributed by atoms with E-state index >= 15 is 0 Å². The van der Waals surface area contributed by atoms with Gasteiger partial charge in [0.2, 0.25) is 5.91 Å². The van der Waals surface area contributed by atoms with Gasteiger partial charge in [-0.25, -0.2) is 4.79 Å². The number of carbonyl (C=O) groups excluding carboxylic acids is 1. The van der Waals surface area contributed by atoms with Gasteiger partial charge in [0.1, 0.15) is 0 Å². The second-order valence-corrected chi connectivity index (χ2v) is 4.45. The third-order valence-electron chi connectivity index (χ3n) is 3.36. The Labute approximate surface area is 99.4 Å². The molecule has 1 aromatic carbocycles. The maximum atomic E-state index is 11.1. The van der Waals surface area contributed by atoms with E-state index in [0.29, 0.717) is 11.1 Å². The average molecular weight is 233 g/mol. The van der Waals surface area contributed by atoms with Crippen LogP contribution in [0.5, 0.6) is 0 Å². The van der Waals surface area contributed by atoms with Crippen LogP contribution in [0.1, 0.15) is 57.9 Å². The van der Waals surface area contributed by atoms with Gasteiger partial charge in [-0.3, -0.25) is 4.79 Å². The van der Waals surface area contributed by atoms with E-state index in [9.17, 15) is 9.59 Å². The van der Waals surface area contributed by atoms with Crippen molar-refractivity contribution in [2.45, 2.75) is 31.6 Å². The third-order valence-corrected chi connectivity index (χ3v) is 3.36. The number of aromatic carboxylic acids is 1. The molecular weight excluding hydrogens is 218 g/mol. The van der Waals surface area contributed by atoms with Gasteiger partial charge in [-0.15, -0.1) is 0 Å². The Morgan fingerprint density at radius 3 is 2.41 bits per heavy atom. The zero-order valence-electron chi connectivity index (χ0n) is 9.48. The first-order valence-electron chi connectivity index (χ1n) is 5.76. The Bertz CT molecular complexity index is 462. The molecule has 0 radical (unpaired) electrons. The van der Waals surface area contributed by atoms with Gasteiger partial charge >= 0.3 is 5.97 Å². The molecule has 2 rings (SSSR count). The van der Waals surface area contributed by atoms with Crippen molar-refractivity contribution in [2.75, 3.05) is 0 Å². The maximum absolute atomic E-state index is 11.1. The predicted molar refractivity (Wildman–Crippen MR) is 63.1 cm³/mol. The second kappa shape index (κ2) is 4.57. The summed E-state index contributed by atoms with van der Waals surface area (Å²) in [5.41, 5.74) is 6.66. The van der Waals surface area contributed by atoms with Crippen LogP contribution >= 0.6 is 0 Å². The molecule has 0 aromatic heterocycles. The first-order valence-corrected chi connectivity index (χ1v) is 5.76. The molecule has 1 aliphatic rings. The molecule has 1 saturated carbocycles. The third kappa shape index (κ3) is 2.30. The van der Waals surface area contributed by atoms with Crippen LogP contribution in [0, 0.1) is 0 Å². The van der Waals surface area contributed by atoms with E-state index in [2.05, 4.69) is 0 Å². The fourth-order valence-corrected chi connectivity index (χ4v) is 2.49. The Morgan fingerprint density at radius 2 is 1.88 bits per heavy atom. The van der Waals surface area contributed by atoms with Crippen LogP contribution in [0.3, 0.4) is 0 Å². The zero-order valence-corrected chi connectivity index (χ0v) is 9.48. The fourth-order valence-electron chi connectivity index (χ4n) is 2.49. The quantitative estimate of drug-likeness (QED) is 0.839. The van der Waals surface area contributed by atoms with E-state index in [-0.39, 0.29) is 5.92 Å². The summed E-state index contributed by atoms with van der Waals surface area (Å²) in [6, 6.07) is 4.60. The molecule has 1 fully saturated rings. The predicted octanol–water partition coefficient (Wildman–Crippen LogP) is 2.14. The minimum atomic E-state index is -0.942. The van der Waals surface area contributed by atoms with Gasteiger partial charge in [0.05, 0.1) is 5.56 Å². The van der Waals surface area contributed by atoms with Crippen LogP contribution in [0.25, 0.3) is 0 Å². The van der Waals surface area contributed by atoms with E-state index in [0.717, 1.165) is 31.2 Å². The molecule has 0 unspecified atom stereocenters. The Morgan fingerprint density at radius 1 is 1.24 bits per heavy atom. The standard InChI is InChI=1S/C13H15NO3/c14-12(15)9-5-6-10(13(16)17)11(7-9)8-3-1-2-4-8/h5-8H,1-4H2,(H2,14,15)(H,16,17). The van der Waals surface area contributed by atoms with Crippen LogP contribution in [-0.4, -0.2) is 17.0 Å². The summed E-state index contributed by atoms with van der Waals surface area (Å²) in [6.45, 7) is 0. The molecular formula is C13H15NO3. The molecule has 1 aromatic rings. The molecule has 4 heteroatoms. The van der Waals surface area contributed by atoms with Gasteiger partial charge in [0, 0.05) is 5.56 Å². The van der Waals surface area contributed by atoms with Crippen molar-refractivity contribution in [3.05, 3.63) is 34.9 Å². The van der Waals surface area contributed by atoms with E-state index in [4.69, 9.17) is 10.8 Å². The lowest BCUT2D eigenvalue weighted by atomic mass is 9.91. The normalized spacial score (nSPS) is 16.0. The summed E-state index contributed by atoms with van der Waals surface area (Å²) in [4.78, 5) is 22.3. The minimum absolute atomic E-state index is 0.250. The largest absolute Gasteiger partial charge is 0.478 e. The molecule has 1 amide bonds. The molecule has 1 aliphatic carbocycles. The zero-order chi connectivity index (χ0) is 12.4. The van der Waals surface area contributed by atoms with Gasteiger partial charge in [-0.05, 0) is 42.5 Å². The summed E-state index contributed by atoms with van der Waals surface area (Å²) in [7, 11) is 0.